The summed E-state index contributed by atoms with van der Waals surface area (Å²) in [6.07, 6.45) is -4.43. The lowest BCUT2D eigenvalue weighted by atomic mass is 10.0. The summed E-state index contributed by atoms with van der Waals surface area (Å²) in [5, 5.41) is 0. The summed E-state index contributed by atoms with van der Waals surface area (Å²) in [7, 11) is 0. The molecule has 0 aromatic heterocycles. The Labute approximate surface area is 119 Å². The van der Waals surface area contributed by atoms with Crippen molar-refractivity contribution in [3.8, 4) is 5.75 Å². The fourth-order valence-electron chi connectivity index (χ4n) is 1.78. The van der Waals surface area contributed by atoms with Gasteiger partial charge in [0.1, 0.15) is 6.61 Å². The molecule has 6 heteroatoms. The Morgan fingerprint density at radius 2 is 1.76 bits per heavy atom. The number of hydrogen-bond donors (Lipinski definition) is 1. The number of ether oxygens (including phenoxy) is 1. The summed E-state index contributed by atoms with van der Waals surface area (Å²) in [5.41, 5.74) is 5.29. The first kappa shape index (κ1) is 15.3. The van der Waals surface area contributed by atoms with E-state index in [1.165, 1.54) is 30.3 Å². The first-order chi connectivity index (χ1) is 9.88. The Hall–Kier alpha value is -2.08. The predicted octanol–water partition coefficient (Wildman–Crippen LogP) is 3.92. The van der Waals surface area contributed by atoms with Gasteiger partial charge in [-0.05, 0) is 29.8 Å². The number of rotatable bonds is 4. The van der Waals surface area contributed by atoms with Gasteiger partial charge in [-0.3, -0.25) is 0 Å². The summed E-state index contributed by atoms with van der Waals surface area (Å²) >= 11 is 0. The Bertz CT molecular complexity index is 613. The molecule has 0 bridgehead atoms. The van der Waals surface area contributed by atoms with Gasteiger partial charge in [-0.1, -0.05) is 24.3 Å². The van der Waals surface area contributed by atoms with E-state index >= 15 is 0 Å². The molecule has 2 aromatic carbocycles. The Morgan fingerprint density at radius 3 is 2.43 bits per heavy atom. The van der Waals surface area contributed by atoms with E-state index in [-0.39, 0.29) is 17.9 Å². The van der Waals surface area contributed by atoms with Crippen LogP contribution in [-0.2, 0) is 6.18 Å². The molecule has 0 saturated carbocycles. The predicted molar refractivity (Wildman–Crippen MR) is 70.3 cm³/mol. The molecule has 2 rings (SSSR count). The Morgan fingerprint density at radius 1 is 1.05 bits per heavy atom. The van der Waals surface area contributed by atoms with Crippen LogP contribution in [0.15, 0.2) is 48.5 Å². The van der Waals surface area contributed by atoms with Gasteiger partial charge in [-0.2, -0.15) is 13.2 Å². The smallest absolute Gasteiger partial charge is 0.416 e. The van der Waals surface area contributed by atoms with E-state index in [0.717, 1.165) is 12.1 Å². The summed E-state index contributed by atoms with van der Waals surface area (Å²) in [5.74, 6) is -0.534. The molecule has 0 aliphatic heterocycles. The summed E-state index contributed by atoms with van der Waals surface area (Å²) in [6, 6.07) is 9.66. The van der Waals surface area contributed by atoms with Crippen LogP contribution in [0.3, 0.4) is 0 Å². The van der Waals surface area contributed by atoms with E-state index in [1.807, 2.05) is 0 Å². The van der Waals surface area contributed by atoms with Crippen LogP contribution in [0.25, 0.3) is 0 Å². The van der Waals surface area contributed by atoms with Crippen LogP contribution in [0, 0.1) is 5.82 Å². The van der Waals surface area contributed by atoms with Gasteiger partial charge in [0.05, 0.1) is 11.6 Å². The van der Waals surface area contributed by atoms with Crippen LogP contribution in [0.5, 0.6) is 5.75 Å². The number of alkyl halides is 3. The van der Waals surface area contributed by atoms with Gasteiger partial charge in [-0.15, -0.1) is 0 Å². The van der Waals surface area contributed by atoms with Crippen molar-refractivity contribution in [2.24, 2.45) is 5.73 Å². The van der Waals surface area contributed by atoms with Crippen LogP contribution in [0.4, 0.5) is 17.6 Å². The Balaban J connectivity index is 2.07. The maximum atomic E-state index is 13.3. The van der Waals surface area contributed by atoms with Crippen molar-refractivity contribution < 1.29 is 22.3 Å². The highest BCUT2D eigenvalue weighted by atomic mass is 19.4. The van der Waals surface area contributed by atoms with Gasteiger partial charge in [0.2, 0.25) is 0 Å². The summed E-state index contributed by atoms with van der Waals surface area (Å²) in [6.45, 7) is -0.123. The van der Waals surface area contributed by atoms with Gasteiger partial charge in [0.15, 0.2) is 11.6 Å². The number of nitrogens with two attached hydrogens (primary N) is 1. The second-order valence-electron chi connectivity index (χ2n) is 4.47. The molecule has 21 heavy (non-hydrogen) atoms. The third-order valence-electron chi connectivity index (χ3n) is 2.90. The summed E-state index contributed by atoms with van der Waals surface area (Å²) < 4.78 is 56.4. The normalized spacial score (nSPS) is 13.0. The van der Waals surface area contributed by atoms with Crippen molar-refractivity contribution in [2.75, 3.05) is 6.61 Å². The van der Waals surface area contributed by atoms with E-state index in [2.05, 4.69) is 0 Å². The van der Waals surface area contributed by atoms with Gasteiger partial charge < -0.3 is 10.5 Å². The molecule has 0 amide bonds. The van der Waals surface area contributed by atoms with Gasteiger partial charge in [0, 0.05) is 0 Å². The molecule has 0 spiro atoms. The molecule has 0 fully saturated rings. The highest BCUT2D eigenvalue weighted by Gasteiger charge is 2.30. The fourth-order valence-corrected chi connectivity index (χ4v) is 1.78. The van der Waals surface area contributed by atoms with E-state index in [4.69, 9.17) is 10.5 Å². The molecule has 0 saturated heterocycles. The van der Waals surface area contributed by atoms with Crippen LogP contribution in [0.1, 0.15) is 17.2 Å². The summed E-state index contributed by atoms with van der Waals surface area (Å²) in [4.78, 5) is 0. The molecule has 0 aliphatic carbocycles. The van der Waals surface area contributed by atoms with E-state index in [1.54, 1.807) is 6.07 Å². The van der Waals surface area contributed by atoms with Crippen LogP contribution in [0.2, 0.25) is 0 Å². The first-order valence-electron chi connectivity index (χ1n) is 6.18. The molecular weight excluding hydrogens is 286 g/mol. The van der Waals surface area contributed by atoms with Crippen LogP contribution < -0.4 is 10.5 Å². The van der Waals surface area contributed by atoms with Crippen molar-refractivity contribution in [2.45, 2.75) is 12.2 Å². The minimum atomic E-state index is -4.43. The lowest BCUT2D eigenvalue weighted by Crippen LogP contribution is -2.20. The quantitative estimate of drug-likeness (QED) is 0.868. The zero-order valence-corrected chi connectivity index (χ0v) is 10.9. The van der Waals surface area contributed by atoms with Gasteiger partial charge in [-0.25, -0.2) is 4.39 Å². The average molecular weight is 299 g/mol. The molecule has 2 N–H and O–H groups in total. The maximum Gasteiger partial charge on any atom is 0.416 e. The molecule has 0 aliphatic rings. The molecule has 112 valence electrons. The second kappa shape index (κ2) is 6.13. The SMILES string of the molecule is NC(COc1ccccc1F)c1cccc(C(F)(F)F)c1. The van der Waals surface area contributed by atoms with E-state index in [0.29, 0.717) is 0 Å². The standard InChI is InChI=1S/C15H13F4NO/c16-12-6-1-2-7-14(12)21-9-13(20)10-4-3-5-11(8-10)15(17,18)19/h1-8,13H,9,20H2. The van der Waals surface area contributed by atoms with Gasteiger partial charge >= 0.3 is 6.18 Å². The first-order valence-corrected chi connectivity index (χ1v) is 6.18. The zero-order chi connectivity index (χ0) is 15.5. The molecule has 2 aromatic rings. The number of benzene rings is 2. The van der Waals surface area contributed by atoms with Crippen molar-refractivity contribution in [3.05, 3.63) is 65.5 Å². The van der Waals surface area contributed by atoms with Crippen molar-refractivity contribution >= 4 is 0 Å². The zero-order valence-electron chi connectivity index (χ0n) is 10.9. The minimum absolute atomic E-state index is 0.0138. The minimum Gasteiger partial charge on any atom is -0.489 e. The Kier molecular flexibility index (Phi) is 4.47. The number of hydrogen-bond acceptors (Lipinski definition) is 2. The van der Waals surface area contributed by atoms with Crippen molar-refractivity contribution in [1.29, 1.82) is 0 Å². The van der Waals surface area contributed by atoms with Crippen LogP contribution in [-0.4, -0.2) is 6.61 Å². The second-order valence-corrected chi connectivity index (χ2v) is 4.47. The third kappa shape index (κ3) is 3.95. The number of halogens is 4. The van der Waals surface area contributed by atoms with E-state index in [9.17, 15) is 17.6 Å². The van der Waals surface area contributed by atoms with Gasteiger partial charge in [0.25, 0.3) is 0 Å². The topological polar surface area (TPSA) is 35.2 Å². The van der Waals surface area contributed by atoms with Crippen molar-refractivity contribution in [1.82, 2.24) is 0 Å². The molecule has 2 nitrogen and oxygen atoms in total. The molecular formula is C15H13F4NO. The fraction of sp³-hybridized carbons (Fsp3) is 0.200. The maximum absolute atomic E-state index is 13.3. The molecule has 0 radical (unpaired) electrons. The monoisotopic (exact) mass is 299 g/mol. The third-order valence-corrected chi connectivity index (χ3v) is 2.90. The molecule has 1 atom stereocenters. The largest absolute Gasteiger partial charge is 0.489 e. The van der Waals surface area contributed by atoms with Crippen molar-refractivity contribution in [3.63, 3.8) is 0 Å². The average Bonchev–Trinajstić information content (AvgIpc) is 2.45. The highest BCUT2D eigenvalue weighted by Crippen LogP contribution is 2.30. The van der Waals surface area contributed by atoms with Crippen LogP contribution >= 0.6 is 0 Å². The van der Waals surface area contributed by atoms with E-state index < -0.39 is 23.6 Å². The highest BCUT2D eigenvalue weighted by molar-refractivity contribution is 5.28. The number of para-hydroxylation sites is 1. The molecule has 0 heterocycles. The lowest BCUT2D eigenvalue weighted by molar-refractivity contribution is -0.137. The molecule has 1 unspecified atom stereocenters. The lowest BCUT2D eigenvalue weighted by Gasteiger charge is -2.15.